The Morgan fingerprint density at radius 2 is 1.47 bits per heavy atom. The van der Waals surface area contributed by atoms with Crippen molar-refractivity contribution in [2.45, 2.75) is 69.2 Å². The highest BCUT2D eigenvalue weighted by atomic mass is 32.2. The minimum atomic E-state index is -4.34. The number of carbonyl (C=O) groups is 3. The normalized spacial score (nSPS) is 17.5. The summed E-state index contributed by atoms with van der Waals surface area (Å²) in [4.78, 5) is 40.7. The van der Waals surface area contributed by atoms with E-state index < -0.39 is 34.5 Å². The topological polar surface area (TPSA) is 157 Å². The molecule has 2 aliphatic rings. The van der Waals surface area contributed by atoms with Crippen molar-refractivity contribution in [2.75, 3.05) is 32.7 Å². The van der Waals surface area contributed by atoms with Gasteiger partial charge in [-0.3, -0.25) is 9.59 Å². The van der Waals surface area contributed by atoms with Gasteiger partial charge in [-0.05, 0) is 108 Å². The van der Waals surface area contributed by atoms with Crippen molar-refractivity contribution in [3.8, 4) is 0 Å². The Morgan fingerprint density at radius 3 is 2.05 bits per heavy atom. The van der Waals surface area contributed by atoms with E-state index in [1.54, 1.807) is 36.4 Å². The Labute approximate surface area is 254 Å². The Bertz CT molecular complexity index is 1330. The monoisotopic (exact) mass is 615 g/mol. The summed E-state index contributed by atoms with van der Waals surface area (Å²) in [5.74, 6) is -1.64. The Balaban J connectivity index is 1.43. The molecule has 2 aromatic carbocycles. The molecule has 5 N–H and O–H groups in total. The summed E-state index contributed by atoms with van der Waals surface area (Å²) in [6.07, 6.45) is 7.65. The van der Waals surface area contributed by atoms with Crippen LogP contribution in [-0.2, 0) is 24.4 Å². The van der Waals surface area contributed by atoms with Gasteiger partial charge >= 0.3 is 5.97 Å². The first-order chi connectivity index (χ1) is 20.7. The number of hydrazine groups is 1. The third kappa shape index (κ3) is 9.21. The summed E-state index contributed by atoms with van der Waals surface area (Å²) in [6.45, 7) is 4.63. The maximum atomic E-state index is 13.4. The van der Waals surface area contributed by atoms with Gasteiger partial charge in [0, 0.05) is 11.3 Å². The van der Waals surface area contributed by atoms with Gasteiger partial charge in [0.1, 0.15) is 6.04 Å². The van der Waals surface area contributed by atoms with Crippen molar-refractivity contribution >= 4 is 38.6 Å². The molecule has 0 spiro atoms. The molecule has 2 heterocycles. The number of carboxylic acids is 1. The van der Waals surface area contributed by atoms with Crippen LogP contribution in [0.5, 0.6) is 0 Å². The molecule has 0 bridgehead atoms. The van der Waals surface area contributed by atoms with Gasteiger partial charge in [0.2, 0.25) is 5.91 Å². The number of hydrogen-bond donors (Lipinski definition) is 5. The zero-order valence-corrected chi connectivity index (χ0v) is 25.7. The minimum absolute atomic E-state index is 0.0825. The van der Waals surface area contributed by atoms with Crippen LogP contribution in [0.2, 0.25) is 0 Å². The molecule has 2 amide bonds. The van der Waals surface area contributed by atoms with E-state index in [-0.39, 0.29) is 16.7 Å². The lowest BCUT2D eigenvalue weighted by atomic mass is 9.84. The van der Waals surface area contributed by atoms with Crippen molar-refractivity contribution in [2.24, 2.45) is 17.8 Å². The van der Waals surface area contributed by atoms with Crippen LogP contribution in [0.1, 0.15) is 58.3 Å². The average Bonchev–Trinajstić information content (AvgIpc) is 3.02. The fraction of sp³-hybridized carbons (Fsp3) is 0.581. The number of sulfonamides is 1. The molecule has 43 heavy (non-hydrogen) atoms. The van der Waals surface area contributed by atoms with E-state index in [2.05, 4.69) is 20.8 Å². The zero-order valence-electron chi connectivity index (χ0n) is 24.9. The number of fused-ring (bicyclic) bond motifs is 1. The number of aliphatic carboxylic acids is 1. The first kappa shape index (κ1) is 32.8. The largest absolute Gasteiger partial charge is 0.480 e. The van der Waals surface area contributed by atoms with Crippen molar-refractivity contribution in [1.29, 1.82) is 0 Å². The van der Waals surface area contributed by atoms with Gasteiger partial charge in [0.15, 0.2) is 0 Å². The first-order valence-electron chi connectivity index (χ1n) is 15.4. The predicted octanol–water partition coefficient (Wildman–Crippen LogP) is 2.63. The van der Waals surface area contributed by atoms with Crippen LogP contribution in [0, 0.1) is 17.8 Å². The summed E-state index contributed by atoms with van der Waals surface area (Å²) >= 11 is 0. The van der Waals surface area contributed by atoms with E-state index in [0.29, 0.717) is 27.6 Å². The van der Waals surface area contributed by atoms with Gasteiger partial charge in [-0.2, -0.15) is 0 Å². The molecule has 11 nitrogen and oxygen atoms in total. The van der Waals surface area contributed by atoms with Crippen LogP contribution < -0.4 is 20.8 Å². The summed E-state index contributed by atoms with van der Waals surface area (Å²) < 4.78 is 26.8. The van der Waals surface area contributed by atoms with Crippen molar-refractivity contribution in [3.63, 3.8) is 0 Å². The number of nitrogens with zero attached hydrogens (tertiary/aromatic N) is 1. The van der Waals surface area contributed by atoms with E-state index in [0.717, 1.165) is 77.5 Å². The quantitative estimate of drug-likeness (QED) is 0.203. The van der Waals surface area contributed by atoms with E-state index in [9.17, 15) is 27.9 Å². The van der Waals surface area contributed by atoms with E-state index in [4.69, 9.17) is 0 Å². The van der Waals surface area contributed by atoms with Crippen molar-refractivity contribution in [1.82, 2.24) is 25.8 Å². The van der Waals surface area contributed by atoms with Gasteiger partial charge in [-0.25, -0.2) is 18.2 Å². The third-order valence-electron chi connectivity index (χ3n) is 8.82. The first-order valence-corrected chi connectivity index (χ1v) is 16.9. The Morgan fingerprint density at radius 1 is 0.907 bits per heavy atom. The summed E-state index contributed by atoms with van der Waals surface area (Å²) in [7, 11) is -4.34. The molecule has 1 atom stereocenters. The highest BCUT2D eigenvalue weighted by Gasteiger charge is 2.32. The Kier molecular flexibility index (Phi) is 11.9. The second-order valence-electron chi connectivity index (χ2n) is 11.8. The number of nitrogens with one attached hydrogen (secondary N) is 4. The number of hydrogen-bond acceptors (Lipinski definition) is 7. The summed E-state index contributed by atoms with van der Waals surface area (Å²) in [5, 5.41) is 20.8. The standard InChI is InChI=1S/C31H45N5O6S/c1-22(31(39)40)36(35-43(41,42)28-8-4-6-25-5-2-3-7-27(25)28)29(37)21-34-30(38)26(11-9-23-13-17-32-18-14-23)12-10-24-15-19-33-20-16-24/h2-8,22-24,26,32-33,35H,9-21H2,1H3,(H,34,38)(H,39,40)/t22-/m1/s1. The highest BCUT2D eigenvalue weighted by molar-refractivity contribution is 7.89. The van der Waals surface area contributed by atoms with E-state index >= 15 is 0 Å². The fourth-order valence-corrected chi connectivity index (χ4v) is 7.43. The number of carbonyl (C=O) groups excluding carboxylic acids is 2. The Hall–Kier alpha value is -3.06. The van der Waals surface area contributed by atoms with E-state index in [1.807, 2.05) is 0 Å². The van der Waals surface area contributed by atoms with Gasteiger partial charge < -0.3 is 21.1 Å². The van der Waals surface area contributed by atoms with Gasteiger partial charge in [0.05, 0.1) is 11.4 Å². The van der Waals surface area contributed by atoms with Crippen molar-refractivity contribution < 1.29 is 27.9 Å². The molecule has 0 saturated carbocycles. The number of carboxylic acid groups (broad SMARTS) is 1. The maximum Gasteiger partial charge on any atom is 0.327 e. The van der Waals surface area contributed by atoms with Gasteiger partial charge in [-0.15, -0.1) is 4.83 Å². The molecule has 2 aliphatic heterocycles. The molecule has 2 saturated heterocycles. The van der Waals surface area contributed by atoms with Crippen LogP contribution in [0.25, 0.3) is 10.8 Å². The molecule has 0 unspecified atom stereocenters. The summed E-state index contributed by atoms with van der Waals surface area (Å²) in [6, 6.07) is 10.1. The van der Waals surface area contributed by atoms with Crippen LogP contribution >= 0.6 is 0 Å². The van der Waals surface area contributed by atoms with Gasteiger partial charge in [-0.1, -0.05) is 36.4 Å². The molecule has 4 rings (SSSR count). The highest BCUT2D eigenvalue weighted by Crippen LogP contribution is 2.27. The molecule has 0 aliphatic carbocycles. The number of amides is 2. The van der Waals surface area contributed by atoms with Crippen LogP contribution in [-0.4, -0.2) is 75.1 Å². The molecule has 0 aromatic heterocycles. The number of piperidine rings is 2. The average molecular weight is 616 g/mol. The lowest BCUT2D eigenvalue weighted by molar-refractivity contribution is -0.150. The molecule has 236 valence electrons. The maximum absolute atomic E-state index is 13.4. The lowest BCUT2D eigenvalue weighted by Gasteiger charge is -2.28. The fourth-order valence-electron chi connectivity index (χ4n) is 6.08. The molecule has 0 radical (unpaired) electrons. The lowest BCUT2D eigenvalue weighted by Crippen LogP contribution is -2.56. The SMILES string of the molecule is C[C@H](C(=O)O)N(NS(=O)(=O)c1cccc2ccccc12)C(=O)CNC(=O)C(CCC1CCNCC1)CCC1CCNCC1. The second kappa shape index (κ2) is 15.6. The zero-order chi connectivity index (χ0) is 30.8. The molecule has 2 aromatic rings. The number of rotatable bonds is 14. The molecule has 12 heteroatoms. The van der Waals surface area contributed by atoms with Crippen LogP contribution in [0.4, 0.5) is 0 Å². The van der Waals surface area contributed by atoms with Gasteiger partial charge in [0.25, 0.3) is 15.9 Å². The third-order valence-corrected chi connectivity index (χ3v) is 10.2. The van der Waals surface area contributed by atoms with Crippen molar-refractivity contribution in [3.05, 3.63) is 42.5 Å². The molecule has 2 fully saturated rings. The summed E-state index contributed by atoms with van der Waals surface area (Å²) in [5.41, 5.74) is 0. The minimum Gasteiger partial charge on any atom is -0.480 e. The van der Waals surface area contributed by atoms with E-state index in [1.165, 1.54) is 13.0 Å². The van der Waals surface area contributed by atoms with Crippen LogP contribution in [0.15, 0.2) is 47.4 Å². The molecular formula is C31H45N5O6S. The predicted molar refractivity (Wildman–Crippen MR) is 164 cm³/mol. The number of benzene rings is 2. The second-order valence-corrected chi connectivity index (χ2v) is 13.4. The smallest absolute Gasteiger partial charge is 0.327 e. The molecular weight excluding hydrogens is 570 g/mol. The van der Waals surface area contributed by atoms with Crippen LogP contribution in [0.3, 0.4) is 0 Å².